The first-order valence-electron chi connectivity index (χ1n) is 6.43. The van der Waals surface area contributed by atoms with Crippen LogP contribution in [0.3, 0.4) is 0 Å². The lowest BCUT2D eigenvalue weighted by atomic mass is 10.4. The number of hydrogen-bond acceptors (Lipinski definition) is 7. The summed E-state index contributed by atoms with van der Waals surface area (Å²) in [6.07, 6.45) is 0. The van der Waals surface area contributed by atoms with Gasteiger partial charge in [0.1, 0.15) is 4.88 Å². The third kappa shape index (κ3) is 3.75. The van der Waals surface area contributed by atoms with E-state index < -0.39 is 26.0 Å². The van der Waals surface area contributed by atoms with E-state index in [1.165, 1.54) is 32.4 Å². The first-order chi connectivity index (χ1) is 11.2. The molecule has 2 N–H and O–H groups in total. The number of sulfonamides is 2. The van der Waals surface area contributed by atoms with E-state index in [0.29, 0.717) is 0 Å². The first-order valence-corrected chi connectivity index (χ1v) is 10.3. The molecule has 0 aliphatic rings. The van der Waals surface area contributed by atoms with Gasteiger partial charge in [-0.3, -0.25) is 4.72 Å². The average Bonchev–Trinajstić information content (AvgIpc) is 3.01. The van der Waals surface area contributed by atoms with Crippen molar-refractivity contribution in [2.45, 2.75) is 9.79 Å². The van der Waals surface area contributed by atoms with Gasteiger partial charge in [0.15, 0.2) is 0 Å². The maximum absolute atomic E-state index is 12.4. The Morgan fingerprint density at radius 1 is 1.00 bits per heavy atom. The van der Waals surface area contributed by atoms with Gasteiger partial charge in [-0.05, 0) is 42.8 Å². The summed E-state index contributed by atoms with van der Waals surface area (Å²) in [4.78, 5) is 11.5. The standard InChI is InChI=1S/C13H14N2O6S3/c1-14-23(17,18)9-3-5-10(6-4-9)24(19,20)15-11-7-8-22-12(11)13(16)21-2/h3-8,14-15H,1-2H3. The van der Waals surface area contributed by atoms with E-state index in [0.717, 1.165) is 23.5 Å². The van der Waals surface area contributed by atoms with Crippen LogP contribution in [0.2, 0.25) is 0 Å². The number of esters is 1. The zero-order valence-electron chi connectivity index (χ0n) is 12.6. The van der Waals surface area contributed by atoms with E-state index in [2.05, 4.69) is 14.2 Å². The Bertz CT molecular complexity index is 946. The van der Waals surface area contributed by atoms with E-state index in [9.17, 15) is 21.6 Å². The molecule has 2 rings (SSSR count). The van der Waals surface area contributed by atoms with Gasteiger partial charge < -0.3 is 4.74 Å². The van der Waals surface area contributed by atoms with E-state index in [1.54, 1.807) is 5.38 Å². The van der Waals surface area contributed by atoms with Crippen LogP contribution in [0.1, 0.15) is 9.67 Å². The van der Waals surface area contributed by atoms with Crippen molar-refractivity contribution < 1.29 is 26.4 Å². The third-order valence-electron chi connectivity index (χ3n) is 2.99. The number of methoxy groups -OCH3 is 1. The SMILES string of the molecule is CNS(=O)(=O)c1ccc(S(=O)(=O)Nc2ccsc2C(=O)OC)cc1. The summed E-state index contributed by atoms with van der Waals surface area (Å²) < 4.78 is 57.0. The molecule has 0 bridgehead atoms. The number of ether oxygens (including phenoxy) is 1. The van der Waals surface area contributed by atoms with Gasteiger partial charge in [-0.15, -0.1) is 11.3 Å². The molecule has 0 spiro atoms. The average molecular weight is 390 g/mol. The normalized spacial score (nSPS) is 11.9. The fourth-order valence-corrected chi connectivity index (χ4v) is 4.39. The summed E-state index contributed by atoms with van der Waals surface area (Å²) in [6, 6.07) is 6.12. The maximum Gasteiger partial charge on any atom is 0.350 e. The molecule has 0 aliphatic heterocycles. The lowest BCUT2D eigenvalue weighted by Gasteiger charge is -2.09. The number of anilines is 1. The Morgan fingerprint density at radius 2 is 1.54 bits per heavy atom. The fraction of sp³-hybridized carbons (Fsp3) is 0.154. The van der Waals surface area contributed by atoms with Crippen molar-refractivity contribution in [1.29, 1.82) is 0 Å². The van der Waals surface area contributed by atoms with Crippen molar-refractivity contribution in [3.8, 4) is 0 Å². The molecule has 0 saturated heterocycles. The van der Waals surface area contributed by atoms with Crippen LogP contribution < -0.4 is 9.44 Å². The van der Waals surface area contributed by atoms with Crippen LogP contribution in [0.5, 0.6) is 0 Å². The molecule has 24 heavy (non-hydrogen) atoms. The summed E-state index contributed by atoms with van der Waals surface area (Å²) in [5, 5.41) is 1.55. The van der Waals surface area contributed by atoms with E-state index in [1.807, 2.05) is 0 Å². The van der Waals surface area contributed by atoms with Crippen LogP contribution in [0.25, 0.3) is 0 Å². The molecule has 2 aromatic rings. The Hall–Kier alpha value is -1.95. The van der Waals surface area contributed by atoms with Crippen molar-refractivity contribution in [2.75, 3.05) is 18.9 Å². The number of carbonyl (C=O) groups is 1. The van der Waals surface area contributed by atoms with E-state index in [-0.39, 0.29) is 20.4 Å². The second kappa shape index (κ2) is 6.89. The second-order valence-electron chi connectivity index (χ2n) is 4.44. The third-order valence-corrected chi connectivity index (χ3v) is 6.70. The van der Waals surface area contributed by atoms with Gasteiger partial charge >= 0.3 is 5.97 Å². The smallest absolute Gasteiger partial charge is 0.350 e. The van der Waals surface area contributed by atoms with Gasteiger partial charge in [-0.1, -0.05) is 0 Å². The Morgan fingerprint density at radius 3 is 2.04 bits per heavy atom. The van der Waals surface area contributed by atoms with Crippen LogP contribution >= 0.6 is 11.3 Å². The van der Waals surface area contributed by atoms with Crippen LogP contribution in [0, 0.1) is 0 Å². The molecule has 1 aromatic heterocycles. The number of carbonyl (C=O) groups excluding carboxylic acids is 1. The van der Waals surface area contributed by atoms with Crippen LogP contribution in [-0.4, -0.2) is 37.0 Å². The highest BCUT2D eigenvalue weighted by Gasteiger charge is 2.21. The van der Waals surface area contributed by atoms with Crippen LogP contribution in [-0.2, 0) is 24.8 Å². The molecule has 130 valence electrons. The summed E-state index contributed by atoms with van der Waals surface area (Å²) >= 11 is 1.04. The highest BCUT2D eigenvalue weighted by molar-refractivity contribution is 7.92. The lowest BCUT2D eigenvalue weighted by molar-refractivity contribution is 0.0607. The molecule has 0 unspecified atom stereocenters. The monoisotopic (exact) mass is 390 g/mol. The summed E-state index contributed by atoms with van der Waals surface area (Å²) in [7, 11) is -5.19. The number of nitrogens with one attached hydrogen (secondary N) is 2. The van der Waals surface area contributed by atoms with Gasteiger partial charge in [-0.2, -0.15) is 0 Å². The highest BCUT2D eigenvalue weighted by atomic mass is 32.2. The Kier molecular flexibility index (Phi) is 5.28. The molecule has 8 nitrogen and oxygen atoms in total. The minimum atomic E-state index is -3.98. The quantitative estimate of drug-likeness (QED) is 0.717. The minimum Gasteiger partial charge on any atom is -0.465 e. The molecule has 1 aromatic carbocycles. The molecular formula is C13H14N2O6S3. The number of hydrogen-bond donors (Lipinski definition) is 2. The van der Waals surface area contributed by atoms with E-state index >= 15 is 0 Å². The number of thiophene rings is 1. The van der Waals surface area contributed by atoms with Gasteiger partial charge in [-0.25, -0.2) is 26.4 Å². The highest BCUT2D eigenvalue weighted by Crippen LogP contribution is 2.26. The van der Waals surface area contributed by atoms with Gasteiger partial charge in [0.2, 0.25) is 10.0 Å². The molecule has 11 heteroatoms. The lowest BCUT2D eigenvalue weighted by Crippen LogP contribution is -2.19. The first kappa shape index (κ1) is 18.4. The van der Waals surface area contributed by atoms with E-state index in [4.69, 9.17) is 0 Å². The number of rotatable bonds is 6. The predicted octanol–water partition coefficient (Wildman–Crippen LogP) is 1.24. The van der Waals surface area contributed by atoms with Crippen molar-refractivity contribution in [2.24, 2.45) is 0 Å². The van der Waals surface area contributed by atoms with Gasteiger partial charge in [0.05, 0.1) is 22.6 Å². The maximum atomic E-state index is 12.4. The Labute approximate surface area is 143 Å². The Balaban J connectivity index is 2.32. The fourth-order valence-electron chi connectivity index (χ4n) is 1.76. The van der Waals surface area contributed by atoms with Crippen molar-refractivity contribution in [1.82, 2.24) is 4.72 Å². The largest absolute Gasteiger partial charge is 0.465 e. The molecule has 0 fully saturated rings. The molecule has 0 atom stereocenters. The van der Waals surface area contributed by atoms with Crippen molar-refractivity contribution in [3.63, 3.8) is 0 Å². The van der Waals surface area contributed by atoms with Gasteiger partial charge in [0.25, 0.3) is 10.0 Å². The summed E-state index contributed by atoms with van der Waals surface area (Å²) in [5.74, 6) is -0.654. The summed E-state index contributed by atoms with van der Waals surface area (Å²) in [5.41, 5.74) is 0.0961. The molecule has 1 heterocycles. The molecule has 0 amide bonds. The van der Waals surface area contributed by atoms with Crippen molar-refractivity contribution in [3.05, 3.63) is 40.6 Å². The summed E-state index contributed by atoms with van der Waals surface area (Å²) in [6.45, 7) is 0. The molecular weight excluding hydrogens is 376 g/mol. The second-order valence-corrected chi connectivity index (χ2v) is 8.92. The van der Waals surface area contributed by atoms with Crippen LogP contribution in [0.15, 0.2) is 45.5 Å². The molecule has 0 saturated carbocycles. The van der Waals surface area contributed by atoms with Gasteiger partial charge in [0, 0.05) is 0 Å². The zero-order valence-corrected chi connectivity index (χ0v) is 15.1. The van der Waals surface area contributed by atoms with Crippen molar-refractivity contribution >= 4 is 43.0 Å². The molecule has 0 aliphatic carbocycles. The topological polar surface area (TPSA) is 119 Å². The zero-order chi connectivity index (χ0) is 18.0. The van der Waals surface area contributed by atoms with Crippen LogP contribution in [0.4, 0.5) is 5.69 Å². The predicted molar refractivity (Wildman–Crippen MR) is 89.2 cm³/mol. The molecule has 0 radical (unpaired) electrons. The number of benzene rings is 1. The minimum absolute atomic E-state index is 0.0604.